The van der Waals surface area contributed by atoms with Crippen molar-refractivity contribution in [1.82, 2.24) is 15.1 Å². The van der Waals surface area contributed by atoms with Crippen molar-refractivity contribution in [2.24, 2.45) is 0 Å². The van der Waals surface area contributed by atoms with Crippen molar-refractivity contribution in [2.75, 3.05) is 4.90 Å². The van der Waals surface area contributed by atoms with Gasteiger partial charge in [-0.25, -0.2) is 4.98 Å². The topological polar surface area (TPSA) is 75.0 Å². The Morgan fingerprint density at radius 2 is 1.97 bits per heavy atom. The largest absolute Gasteiger partial charge is 0.361 e. The summed E-state index contributed by atoms with van der Waals surface area (Å²) in [6.07, 6.45) is 1.21. The number of halogens is 1. The fraction of sp³-hybridized carbons (Fsp3) is 0.227. The van der Waals surface area contributed by atoms with E-state index in [-0.39, 0.29) is 11.9 Å². The van der Waals surface area contributed by atoms with Gasteiger partial charge in [0.1, 0.15) is 11.6 Å². The number of fused-ring (bicyclic) bond motifs is 1. The molecular formula is C22H19ClN4O2. The minimum Gasteiger partial charge on any atom is -0.361 e. The van der Waals surface area contributed by atoms with Crippen LogP contribution in [0.4, 0.5) is 5.69 Å². The second kappa shape index (κ2) is 6.74. The standard InChI is InChI=1S/C22H19ClN4O2/c1-12-21(13(2)29-26-12)14-3-8-17-18(11-14)25-22(24-17)19-9-10-20(28)27(19)16-6-4-15(23)5-7-16/h3-8,11,19H,9-10H2,1-2H3,(H,24,25)/t19-/m0/s1. The Morgan fingerprint density at radius 1 is 1.17 bits per heavy atom. The molecular weight excluding hydrogens is 388 g/mol. The first-order chi connectivity index (χ1) is 14.0. The summed E-state index contributed by atoms with van der Waals surface area (Å²) in [7, 11) is 0. The molecule has 5 rings (SSSR count). The van der Waals surface area contributed by atoms with Crippen LogP contribution in [0, 0.1) is 13.8 Å². The zero-order valence-corrected chi connectivity index (χ0v) is 16.8. The van der Waals surface area contributed by atoms with Crippen LogP contribution in [0.1, 0.15) is 36.2 Å². The molecule has 4 aromatic rings. The Hall–Kier alpha value is -3.12. The maximum absolute atomic E-state index is 12.6. The van der Waals surface area contributed by atoms with Gasteiger partial charge in [0.15, 0.2) is 0 Å². The summed E-state index contributed by atoms with van der Waals surface area (Å²) >= 11 is 6.01. The summed E-state index contributed by atoms with van der Waals surface area (Å²) in [4.78, 5) is 22.6. The molecule has 1 aliphatic heterocycles. The van der Waals surface area contributed by atoms with E-state index < -0.39 is 0 Å². The van der Waals surface area contributed by atoms with Crippen LogP contribution in [0.5, 0.6) is 0 Å². The highest BCUT2D eigenvalue weighted by Gasteiger charge is 2.35. The second-order valence-corrected chi connectivity index (χ2v) is 7.78. The molecule has 1 atom stereocenters. The molecule has 1 fully saturated rings. The van der Waals surface area contributed by atoms with Gasteiger partial charge in [0.05, 0.1) is 22.8 Å². The summed E-state index contributed by atoms with van der Waals surface area (Å²) in [6.45, 7) is 3.84. The third-order valence-electron chi connectivity index (χ3n) is 5.45. The maximum Gasteiger partial charge on any atom is 0.227 e. The van der Waals surface area contributed by atoms with Gasteiger partial charge in [-0.3, -0.25) is 4.79 Å². The van der Waals surface area contributed by atoms with Crippen LogP contribution in [-0.2, 0) is 4.79 Å². The molecule has 0 unspecified atom stereocenters. The number of carbonyl (C=O) groups excluding carboxylic acids is 1. The highest BCUT2D eigenvalue weighted by Crippen LogP contribution is 2.37. The molecule has 29 heavy (non-hydrogen) atoms. The number of aromatic amines is 1. The van der Waals surface area contributed by atoms with E-state index in [2.05, 4.69) is 16.2 Å². The number of rotatable bonds is 3. The fourth-order valence-corrected chi connectivity index (χ4v) is 4.23. The van der Waals surface area contributed by atoms with Crippen molar-refractivity contribution < 1.29 is 9.32 Å². The Bertz CT molecular complexity index is 1210. The number of carbonyl (C=O) groups is 1. The van der Waals surface area contributed by atoms with E-state index in [4.69, 9.17) is 21.1 Å². The van der Waals surface area contributed by atoms with Crippen LogP contribution in [0.2, 0.25) is 5.02 Å². The quantitative estimate of drug-likeness (QED) is 0.497. The average Bonchev–Trinajstić information content (AvgIpc) is 3.39. The van der Waals surface area contributed by atoms with Gasteiger partial charge >= 0.3 is 0 Å². The predicted molar refractivity (Wildman–Crippen MR) is 112 cm³/mol. The number of aromatic nitrogens is 3. The summed E-state index contributed by atoms with van der Waals surface area (Å²) < 4.78 is 5.30. The molecule has 0 aliphatic carbocycles. The Labute approximate surface area is 172 Å². The first kappa shape index (κ1) is 17.9. The summed E-state index contributed by atoms with van der Waals surface area (Å²) in [5, 5.41) is 4.69. The van der Waals surface area contributed by atoms with Gasteiger partial charge < -0.3 is 14.4 Å². The van der Waals surface area contributed by atoms with Crippen LogP contribution in [-0.4, -0.2) is 21.0 Å². The maximum atomic E-state index is 12.6. The monoisotopic (exact) mass is 406 g/mol. The van der Waals surface area contributed by atoms with Gasteiger partial charge in [-0.2, -0.15) is 0 Å². The molecule has 3 heterocycles. The molecule has 0 radical (unpaired) electrons. The number of aryl methyl sites for hydroxylation is 2. The third-order valence-corrected chi connectivity index (χ3v) is 5.71. The van der Waals surface area contributed by atoms with E-state index in [9.17, 15) is 4.79 Å². The minimum absolute atomic E-state index is 0.0918. The molecule has 0 saturated carbocycles. The molecule has 1 aliphatic rings. The number of amides is 1. The zero-order valence-electron chi connectivity index (χ0n) is 16.1. The zero-order chi connectivity index (χ0) is 20.1. The lowest BCUT2D eigenvalue weighted by Crippen LogP contribution is -2.27. The van der Waals surface area contributed by atoms with E-state index in [1.807, 2.05) is 43.0 Å². The number of hydrogen-bond acceptors (Lipinski definition) is 4. The SMILES string of the molecule is Cc1noc(C)c1-c1ccc2nc([C@@H]3CCC(=O)N3c3ccc(Cl)cc3)[nH]c2c1. The number of H-pyrrole nitrogens is 1. The van der Waals surface area contributed by atoms with Gasteiger partial charge in [-0.05, 0) is 62.2 Å². The van der Waals surface area contributed by atoms with Crippen molar-refractivity contribution in [3.05, 3.63) is 64.8 Å². The number of anilines is 1. The molecule has 0 bridgehead atoms. The molecule has 1 amide bonds. The number of nitrogens with zero attached hydrogens (tertiary/aromatic N) is 3. The van der Waals surface area contributed by atoms with Crippen molar-refractivity contribution in [3.8, 4) is 11.1 Å². The predicted octanol–water partition coefficient (Wildman–Crippen LogP) is 5.36. The van der Waals surface area contributed by atoms with E-state index in [0.29, 0.717) is 11.4 Å². The number of imidazole rings is 1. The molecule has 2 aromatic carbocycles. The summed E-state index contributed by atoms with van der Waals surface area (Å²) in [6, 6.07) is 13.3. The Kier molecular flexibility index (Phi) is 4.17. The van der Waals surface area contributed by atoms with Crippen LogP contribution in [0.15, 0.2) is 47.0 Å². The third kappa shape index (κ3) is 3.00. The average molecular weight is 407 g/mol. The molecule has 7 heteroatoms. The van der Waals surface area contributed by atoms with Crippen LogP contribution in [0.3, 0.4) is 0 Å². The van der Waals surface area contributed by atoms with Gasteiger partial charge in [0, 0.05) is 22.7 Å². The Morgan fingerprint density at radius 3 is 2.69 bits per heavy atom. The lowest BCUT2D eigenvalue weighted by Gasteiger charge is -2.23. The van der Waals surface area contributed by atoms with Crippen molar-refractivity contribution in [1.29, 1.82) is 0 Å². The molecule has 0 spiro atoms. The van der Waals surface area contributed by atoms with E-state index in [0.717, 1.165) is 51.5 Å². The lowest BCUT2D eigenvalue weighted by molar-refractivity contribution is -0.117. The first-order valence-electron chi connectivity index (χ1n) is 9.52. The summed E-state index contributed by atoms with van der Waals surface area (Å²) in [5.74, 6) is 1.67. The lowest BCUT2D eigenvalue weighted by atomic mass is 10.0. The number of nitrogens with one attached hydrogen (secondary N) is 1. The van der Waals surface area contributed by atoms with Gasteiger partial charge in [-0.15, -0.1) is 0 Å². The fourth-order valence-electron chi connectivity index (χ4n) is 4.11. The molecule has 2 aromatic heterocycles. The number of benzene rings is 2. The normalized spacial score (nSPS) is 16.9. The van der Waals surface area contributed by atoms with Gasteiger partial charge in [0.25, 0.3) is 0 Å². The highest BCUT2D eigenvalue weighted by molar-refractivity contribution is 6.30. The summed E-state index contributed by atoms with van der Waals surface area (Å²) in [5.41, 5.74) is 5.51. The number of hydrogen-bond donors (Lipinski definition) is 1. The van der Waals surface area contributed by atoms with Crippen LogP contribution < -0.4 is 4.90 Å². The van der Waals surface area contributed by atoms with E-state index in [1.54, 1.807) is 12.1 Å². The molecule has 1 N–H and O–H groups in total. The molecule has 6 nitrogen and oxygen atoms in total. The second-order valence-electron chi connectivity index (χ2n) is 7.35. The molecule has 1 saturated heterocycles. The van der Waals surface area contributed by atoms with Gasteiger partial charge in [-0.1, -0.05) is 22.8 Å². The van der Waals surface area contributed by atoms with E-state index >= 15 is 0 Å². The van der Waals surface area contributed by atoms with E-state index in [1.165, 1.54) is 0 Å². The molecule has 146 valence electrons. The van der Waals surface area contributed by atoms with Gasteiger partial charge in [0.2, 0.25) is 5.91 Å². The van der Waals surface area contributed by atoms with Crippen LogP contribution >= 0.6 is 11.6 Å². The first-order valence-corrected chi connectivity index (χ1v) is 9.89. The Balaban J connectivity index is 1.54. The van der Waals surface area contributed by atoms with Crippen molar-refractivity contribution >= 4 is 34.2 Å². The highest BCUT2D eigenvalue weighted by atomic mass is 35.5. The smallest absolute Gasteiger partial charge is 0.227 e. The van der Waals surface area contributed by atoms with Crippen LogP contribution in [0.25, 0.3) is 22.2 Å². The minimum atomic E-state index is -0.126. The van der Waals surface area contributed by atoms with Crippen molar-refractivity contribution in [2.45, 2.75) is 32.7 Å². The van der Waals surface area contributed by atoms with Crippen molar-refractivity contribution in [3.63, 3.8) is 0 Å².